The van der Waals surface area contributed by atoms with Crippen LogP contribution in [0.1, 0.15) is 26.5 Å². The lowest BCUT2D eigenvalue weighted by Crippen LogP contribution is -2.35. The summed E-state index contributed by atoms with van der Waals surface area (Å²) in [5, 5.41) is 21.7. The zero-order valence-corrected chi connectivity index (χ0v) is 23.0. The molecule has 4 heterocycles. The van der Waals surface area contributed by atoms with Gasteiger partial charge in [-0.25, -0.2) is 9.50 Å². The van der Waals surface area contributed by atoms with Crippen molar-refractivity contribution in [3.63, 3.8) is 0 Å². The van der Waals surface area contributed by atoms with Gasteiger partial charge in [0, 0.05) is 41.6 Å². The Hall–Kier alpha value is -3.81. The first kappa shape index (κ1) is 26.8. The van der Waals surface area contributed by atoms with Gasteiger partial charge in [0.25, 0.3) is 0 Å². The Bertz CT molecular complexity index is 1460. The number of hydrogen-bond donors (Lipinski definition) is 3. The average molecular weight is 550 g/mol. The number of H-pyrrole nitrogens is 1. The topological polar surface area (TPSA) is 142 Å². The van der Waals surface area contributed by atoms with E-state index in [1.807, 2.05) is 81.3 Å². The van der Waals surface area contributed by atoms with Crippen molar-refractivity contribution in [2.75, 3.05) is 30.3 Å². The van der Waals surface area contributed by atoms with Gasteiger partial charge >= 0.3 is 0 Å². The summed E-state index contributed by atoms with van der Waals surface area (Å²) in [5.74, 6) is 1.16. The Labute approximate surface area is 229 Å². The molecule has 0 bridgehead atoms. The molecule has 1 saturated heterocycles. The number of carbonyl (C=O) groups is 1. The number of nitrogens with zero attached hydrogens (tertiary/aromatic N) is 6. The molecule has 0 spiro atoms. The molecule has 13 heteroatoms. The number of rotatable bonds is 9. The summed E-state index contributed by atoms with van der Waals surface area (Å²) < 4.78 is 7.73. The van der Waals surface area contributed by atoms with E-state index in [9.17, 15) is 9.70 Å². The van der Waals surface area contributed by atoms with E-state index in [2.05, 4.69) is 31.1 Å². The molecular formula is C26H31N9O3S. The molecule has 0 aliphatic carbocycles. The average Bonchev–Trinajstić information content (AvgIpc) is 3.59. The highest BCUT2D eigenvalue weighted by atomic mass is 32.2. The molecule has 204 valence electrons. The van der Waals surface area contributed by atoms with E-state index in [1.54, 1.807) is 4.52 Å². The van der Waals surface area contributed by atoms with Crippen molar-refractivity contribution in [1.82, 2.24) is 29.7 Å². The number of carbonyl (C=O) groups excluding carboxylic acids is 1. The number of aromatic amines is 1. The molecule has 0 saturated carbocycles. The van der Waals surface area contributed by atoms with Crippen molar-refractivity contribution in [1.29, 1.82) is 0 Å². The van der Waals surface area contributed by atoms with E-state index in [4.69, 9.17) is 9.72 Å². The van der Waals surface area contributed by atoms with Crippen LogP contribution in [0.4, 0.5) is 17.3 Å². The largest absolute Gasteiger partial charge is 0.369 e. The lowest BCUT2D eigenvalue weighted by atomic mass is 10.1. The van der Waals surface area contributed by atoms with E-state index in [-0.39, 0.29) is 24.2 Å². The van der Waals surface area contributed by atoms with Gasteiger partial charge in [0.2, 0.25) is 11.1 Å². The zero-order chi connectivity index (χ0) is 27.6. The number of benzene rings is 1. The summed E-state index contributed by atoms with van der Waals surface area (Å²) in [4.78, 5) is 31.4. The molecule has 1 fully saturated rings. The van der Waals surface area contributed by atoms with Crippen LogP contribution in [0.3, 0.4) is 0 Å². The molecule has 4 aromatic rings. The smallest absolute Gasteiger partial charge is 0.238 e. The number of amides is 1. The lowest BCUT2D eigenvalue weighted by Gasteiger charge is -2.26. The second-order valence-corrected chi connectivity index (χ2v) is 11.5. The van der Waals surface area contributed by atoms with Gasteiger partial charge in [-0.2, -0.15) is 10.0 Å². The minimum Gasteiger partial charge on any atom is -0.369 e. The summed E-state index contributed by atoms with van der Waals surface area (Å²) in [6.07, 6.45) is 1.55. The van der Waals surface area contributed by atoms with Crippen LogP contribution in [0, 0.1) is 11.8 Å². The maximum atomic E-state index is 12.7. The Balaban J connectivity index is 1.20. The van der Waals surface area contributed by atoms with Gasteiger partial charge in [0.1, 0.15) is 11.6 Å². The number of hydrogen-bond acceptors (Lipinski definition) is 10. The van der Waals surface area contributed by atoms with Gasteiger partial charge in [0.05, 0.1) is 18.2 Å². The second-order valence-electron chi connectivity index (χ2n) is 10.5. The van der Waals surface area contributed by atoms with Crippen molar-refractivity contribution in [3.05, 3.63) is 59.3 Å². The van der Waals surface area contributed by atoms with Gasteiger partial charge < -0.3 is 15.4 Å². The van der Waals surface area contributed by atoms with Gasteiger partial charge in [0.15, 0.2) is 11.6 Å². The predicted molar refractivity (Wildman–Crippen MR) is 149 cm³/mol. The molecule has 39 heavy (non-hydrogen) atoms. The Kier molecular flexibility index (Phi) is 7.64. The number of aromatic nitrogens is 5. The number of aryl methyl sites for hydroxylation is 1. The molecule has 3 aromatic heterocycles. The lowest BCUT2D eigenvalue weighted by molar-refractivity contribution is -0.117. The van der Waals surface area contributed by atoms with Crippen LogP contribution in [0.5, 0.6) is 0 Å². The van der Waals surface area contributed by atoms with Crippen LogP contribution >= 0.6 is 11.8 Å². The predicted octanol–water partition coefficient (Wildman–Crippen LogP) is 4.23. The fourth-order valence-corrected chi connectivity index (χ4v) is 5.15. The molecule has 1 aliphatic rings. The minimum absolute atomic E-state index is 0.155. The Morgan fingerprint density at radius 1 is 1.23 bits per heavy atom. The molecule has 0 radical (unpaired) electrons. The third-order valence-electron chi connectivity index (χ3n) is 5.99. The first-order valence-electron chi connectivity index (χ1n) is 12.6. The molecule has 1 unspecified atom stereocenters. The van der Waals surface area contributed by atoms with Gasteiger partial charge in [-0.1, -0.05) is 5.18 Å². The van der Waals surface area contributed by atoms with E-state index in [0.29, 0.717) is 35.6 Å². The molecule has 1 aliphatic heterocycles. The van der Waals surface area contributed by atoms with Crippen molar-refractivity contribution in [3.8, 4) is 0 Å². The van der Waals surface area contributed by atoms with Crippen molar-refractivity contribution in [2.45, 2.75) is 55.5 Å². The van der Waals surface area contributed by atoms with E-state index in [0.717, 1.165) is 16.1 Å². The summed E-state index contributed by atoms with van der Waals surface area (Å²) >= 11 is 1.41. The van der Waals surface area contributed by atoms with Gasteiger partial charge in [-0.15, -0.1) is 5.10 Å². The summed E-state index contributed by atoms with van der Waals surface area (Å²) in [7, 11) is 0. The molecule has 12 nitrogen and oxygen atoms in total. The van der Waals surface area contributed by atoms with Crippen LogP contribution in [0.25, 0.3) is 5.52 Å². The Morgan fingerprint density at radius 3 is 2.72 bits per heavy atom. The number of nitrogens with one attached hydrogen (secondary N) is 3. The molecular weight excluding hydrogens is 518 g/mol. The highest BCUT2D eigenvalue weighted by molar-refractivity contribution is 7.99. The molecule has 3 N–H and O–H groups in total. The third-order valence-corrected chi connectivity index (χ3v) is 6.85. The maximum Gasteiger partial charge on any atom is 0.238 e. The number of likely N-dealkylation sites (tertiary alicyclic amines) is 1. The number of ether oxygens (including phenoxy) is 1. The van der Waals surface area contributed by atoms with Crippen LogP contribution in [0.2, 0.25) is 0 Å². The van der Waals surface area contributed by atoms with Gasteiger partial charge in [-0.3, -0.25) is 14.8 Å². The van der Waals surface area contributed by atoms with Crippen LogP contribution in [0.15, 0.2) is 63.9 Å². The summed E-state index contributed by atoms with van der Waals surface area (Å²) in [5.41, 5.74) is 2.07. The maximum absolute atomic E-state index is 12.7. The van der Waals surface area contributed by atoms with Crippen molar-refractivity contribution >= 4 is 40.5 Å². The quantitative estimate of drug-likeness (QED) is 0.261. The monoisotopic (exact) mass is 549 g/mol. The first-order valence-corrected chi connectivity index (χ1v) is 13.4. The third kappa shape index (κ3) is 6.80. The minimum atomic E-state index is -0.486. The number of nitroso groups, excluding NO2 is 1. The highest BCUT2D eigenvalue weighted by Gasteiger charge is 2.37. The van der Waals surface area contributed by atoms with Crippen molar-refractivity contribution < 1.29 is 9.53 Å². The standard InChI is InChI=1S/C26H31N9O3S/c1-16-12-22(31-30-16)28-24-20-6-5-11-35(20)32-25(29-24)39-18-9-7-17(8-10-18)27-23(36)15-34-13-19(33-37)21(14-34)38-26(2,3)4/h5-12,19,21H,13-15H2,1-4H3,(H,27,36)(H2,28,29,30,31,32)/t19?,21-/m0/s1. The summed E-state index contributed by atoms with van der Waals surface area (Å²) in [6.45, 7) is 8.79. The zero-order valence-electron chi connectivity index (χ0n) is 22.2. The van der Waals surface area contributed by atoms with Crippen molar-refractivity contribution in [2.24, 2.45) is 5.18 Å². The van der Waals surface area contributed by atoms with E-state index >= 15 is 0 Å². The van der Waals surface area contributed by atoms with Crippen LogP contribution in [-0.4, -0.2) is 73.0 Å². The number of fused-ring (bicyclic) bond motifs is 1. The van der Waals surface area contributed by atoms with Gasteiger partial charge in [-0.05, 0) is 75.9 Å². The number of anilines is 3. The summed E-state index contributed by atoms with van der Waals surface area (Å²) in [6, 6.07) is 12.7. The molecule has 2 atom stereocenters. The van der Waals surface area contributed by atoms with Crippen LogP contribution in [-0.2, 0) is 9.53 Å². The first-order chi connectivity index (χ1) is 18.6. The SMILES string of the molecule is Cc1cc(Nc2nc(Sc3ccc(NC(=O)CN4CC(N=O)[C@@H](OC(C)(C)C)C4)cc3)nn3cccc23)n[nH]1. The second kappa shape index (κ2) is 11.1. The molecule has 1 amide bonds. The van der Waals surface area contributed by atoms with Crippen LogP contribution < -0.4 is 10.6 Å². The van der Waals surface area contributed by atoms with E-state index in [1.165, 1.54) is 11.8 Å². The normalized spacial score (nSPS) is 17.9. The fourth-order valence-electron chi connectivity index (χ4n) is 4.40. The van der Waals surface area contributed by atoms with E-state index < -0.39 is 6.04 Å². The molecule has 5 rings (SSSR count). The Morgan fingerprint density at radius 2 is 2.03 bits per heavy atom. The molecule has 1 aromatic carbocycles. The fraction of sp³-hybridized carbons (Fsp3) is 0.385. The highest BCUT2D eigenvalue weighted by Crippen LogP contribution is 2.29.